The van der Waals surface area contributed by atoms with Crippen molar-refractivity contribution >= 4 is 11.6 Å². The molecule has 3 rings (SSSR count). The van der Waals surface area contributed by atoms with Crippen LogP contribution in [0.1, 0.15) is 29.3 Å². The molecular formula is C19H18F2N2O2. The van der Waals surface area contributed by atoms with E-state index in [9.17, 15) is 13.6 Å². The molecule has 2 aromatic carbocycles. The lowest BCUT2D eigenvalue weighted by atomic mass is 10.0. The van der Waals surface area contributed by atoms with Crippen LogP contribution < -0.4 is 0 Å². The molecule has 0 fully saturated rings. The maximum absolute atomic E-state index is 13.3. The summed E-state index contributed by atoms with van der Waals surface area (Å²) in [6.07, 6.45) is 0.173. The molecule has 0 saturated carbocycles. The summed E-state index contributed by atoms with van der Waals surface area (Å²) in [4.78, 5) is 19.5. The number of halogens is 2. The molecule has 1 aliphatic heterocycles. The van der Waals surface area contributed by atoms with Crippen molar-refractivity contribution in [1.82, 2.24) is 4.90 Å². The van der Waals surface area contributed by atoms with E-state index in [1.54, 1.807) is 23.1 Å². The minimum Gasteiger partial charge on any atom is -0.390 e. The van der Waals surface area contributed by atoms with Crippen LogP contribution in [0.2, 0.25) is 0 Å². The van der Waals surface area contributed by atoms with Gasteiger partial charge in [-0.05, 0) is 37.3 Å². The van der Waals surface area contributed by atoms with Gasteiger partial charge in [0.15, 0.2) is 6.10 Å². The van der Waals surface area contributed by atoms with Gasteiger partial charge in [-0.3, -0.25) is 4.79 Å². The first-order chi connectivity index (χ1) is 12.1. The molecule has 0 aliphatic carbocycles. The van der Waals surface area contributed by atoms with Crippen molar-refractivity contribution in [1.29, 1.82) is 0 Å². The van der Waals surface area contributed by atoms with Crippen LogP contribution in [-0.2, 0) is 4.84 Å². The third kappa shape index (κ3) is 4.02. The molecule has 1 amide bonds. The average molecular weight is 344 g/mol. The van der Waals surface area contributed by atoms with E-state index < -0.39 is 5.82 Å². The molecule has 25 heavy (non-hydrogen) atoms. The van der Waals surface area contributed by atoms with E-state index in [0.29, 0.717) is 36.3 Å². The molecule has 6 heteroatoms. The molecule has 2 aromatic rings. The van der Waals surface area contributed by atoms with Crippen molar-refractivity contribution in [2.75, 3.05) is 13.1 Å². The van der Waals surface area contributed by atoms with Gasteiger partial charge in [0.1, 0.15) is 11.6 Å². The Labute approximate surface area is 144 Å². The number of hydrogen-bond donors (Lipinski definition) is 0. The van der Waals surface area contributed by atoms with Gasteiger partial charge < -0.3 is 9.74 Å². The number of rotatable bonds is 5. The zero-order valence-electron chi connectivity index (χ0n) is 13.8. The summed E-state index contributed by atoms with van der Waals surface area (Å²) in [7, 11) is 0. The number of hydrogen-bond acceptors (Lipinski definition) is 3. The molecule has 0 unspecified atom stereocenters. The second-order valence-electron chi connectivity index (χ2n) is 5.83. The van der Waals surface area contributed by atoms with Gasteiger partial charge in [-0.25, -0.2) is 8.78 Å². The number of carbonyl (C=O) groups is 1. The van der Waals surface area contributed by atoms with Crippen LogP contribution in [0, 0.1) is 11.6 Å². The van der Waals surface area contributed by atoms with E-state index >= 15 is 0 Å². The summed E-state index contributed by atoms with van der Waals surface area (Å²) in [5.74, 6) is -1.04. The van der Waals surface area contributed by atoms with Crippen molar-refractivity contribution in [3.05, 3.63) is 71.3 Å². The molecule has 4 nitrogen and oxygen atoms in total. The zero-order valence-corrected chi connectivity index (χ0v) is 13.8. The predicted molar refractivity (Wildman–Crippen MR) is 90.4 cm³/mol. The molecule has 0 saturated heterocycles. The Morgan fingerprint density at radius 1 is 1.20 bits per heavy atom. The quantitative estimate of drug-likeness (QED) is 0.831. The van der Waals surface area contributed by atoms with Crippen LogP contribution in [0.4, 0.5) is 8.78 Å². The number of carbonyl (C=O) groups excluding carboxylic acids is 1. The van der Waals surface area contributed by atoms with E-state index in [2.05, 4.69) is 5.16 Å². The van der Waals surface area contributed by atoms with E-state index in [0.717, 1.165) is 0 Å². The highest BCUT2D eigenvalue weighted by Crippen LogP contribution is 2.19. The fraction of sp³-hybridized carbons (Fsp3) is 0.263. The lowest BCUT2D eigenvalue weighted by Crippen LogP contribution is -2.37. The Kier molecular flexibility index (Phi) is 5.07. The molecular weight excluding hydrogens is 326 g/mol. The summed E-state index contributed by atoms with van der Waals surface area (Å²) >= 11 is 0. The van der Waals surface area contributed by atoms with E-state index in [-0.39, 0.29) is 17.8 Å². The number of nitrogens with zero attached hydrogens (tertiary/aromatic N) is 2. The van der Waals surface area contributed by atoms with Gasteiger partial charge in [0.25, 0.3) is 5.91 Å². The van der Waals surface area contributed by atoms with Gasteiger partial charge in [0, 0.05) is 24.1 Å². The molecule has 130 valence electrons. The van der Waals surface area contributed by atoms with Gasteiger partial charge in [-0.1, -0.05) is 23.4 Å². The van der Waals surface area contributed by atoms with Crippen LogP contribution in [0.25, 0.3) is 0 Å². The van der Waals surface area contributed by atoms with Crippen LogP contribution in [-0.4, -0.2) is 35.7 Å². The van der Waals surface area contributed by atoms with Crippen molar-refractivity contribution in [3.63, 3.8) is 0 Å². The molecule has 0 spiro atoms. The number of likely N-dealkylation sites (N-methyl/N-ethyl adjacent to an activating group) is 1. The predicted octanol–water partition coefficient (Wildman–Crippen LogP) is 3.62. The van der Waals surface area contributed by atoms with Crippen molar-refractivity contribution in [3.8, 4) is 0 Å². The fourth-order valence-corrected chi connectivity index (χ4v) is 2.77. The van der Waals surface area contributed by atoms with Crippen molar-refractivity contribution in [2.45, 2.75) is 19.4 Å². The largest absolute Gasteiger partial charge is 0.390 e. The van der Waals surface area contributed by atoms with E-state index in [4.69, 9.17) is 4.84 Å². The molecule has 1 atom stereocenters. The van der Waals surface area contributed by atoms with Gasteiger partial charge in [-0.15, -0.1) is 0 Å². The smallest absolute Gasteiger partial charge is 0.254 e. The minimum atomic E-state index is -0.448. The average Bonchev–Trinajstić information content (AvgIpc) is 3.08. The summed E-state index contributed by atoms with van der Waals surface area (Å²) in [6.45, 7) is 2.64. The number of benzene rings is 2. The first kappa shape index (κ1) is 17.1. The van der Waals surface area contributed by atoms with Crippen molar-refractivity contribution < 1.29 is 18.4 Å². The molecule has 0 aromatic heterocycles. The zero-order chi connectivity index (χ0) is 17.8. The maximum Gasteiger partial charge on any atom is 0.254 e. The van der Waals surface area contributed by atoms with Crippen LogP contribution in [0.3, 0.4) is 0 Å². The van der Waals surface area contributed by atoms with Gasteiger partial charge in [0.2, 0.25) is 0 Å². The molecule has 0 bridgehead atoms. The second kappa shape index (κ2) is 7.42. The number of oxime groups is 1. The number of amides is 1. The van der Waals surface area contributed by atoms with E-state index in [1.165, 1.54) is 30.3 Å². The standard InChI is InChI=1S/C19H18F2N2O2/c1-2-23(19(24)14-6-4-8-16(21)10-14)12-17-11-18(22-25-17)13-5-3-7-15(20)9-13/h3-10,17H,2,11-12H2,1H3/t17-/m0/s1. The second-order valence-corrected chi connectivity index (χ2v) is 5.83. The van der Waals surface area contributed by atoms with Gasteiger partial charge >= 0.3 is 0 Å². The fourth-order valence-electron chi connectivity index (χ4n) is 2.77. The first-order valence-electron chi connectivity index (χ1n) is 8.10. The monoisotopic (exact) mass is 344 g/mol. The van der Waals surface area contributed by atoms with Gasteiger partial charge in [-0.2, -0.15) is 0 Å². The maximum atomic E-state index is 13.3. The normalized spacial score (nSPS) is 16.3. The van der Waals surface area contributed by atoms with E-state index in [1.807, 2.05) is 6.92 Å². The summed E-state index contributed by atoms with van der Waals surface area (Å²) in [5, 5.41) is 4.01. The molecule has 1 heterocycles. The van der Waals surface area contributed by atoms with Gasteiger partial charge in [0.05, 0.1) is 12.3 Å². The summed E-state index contributed by atoms with van der Waals surface area (Å²) in [6, 6.07) is 11.8. The lowest BCUT2D eigenvalue weighted by Gasteiger charge is -2.23. The van der Waals surface area contributed by atoms with Crippen molar-refractivity contribution in [2.24, 2.45) is 5.16 Å². The Morgan fingerprint density at radius 3 is 2.60 bits per heavy atom. The van der Waals surface area contributed by atoms with Crippen LogP contribution in [0.15, 0.2) is 53.7 Å². The topological polar surface area (TPSA) is 41.9 Å². The Morgan fingerprint density at radius 2 is 1.92 bits per heavy atom. The SMILES string of the molecule is CCN(C[C@@H]1CC(c2cccc(F)c2)=NO1)C(=O)c1cccc(F)c1. The summed E-state index contributed by atoms with van der Waals surface area (Å²) in [5.41, 5.74) is 1.62. The Hall–Kier alpha value is -2.76. The highest BCUT2D eigenvalue weighted by atomic mass is 19.1. The molecule has 0 N–H and O–H groups in total. The Bertz CT molecular complexity index is 808. The first-order valence-corrected chi connectivity index (χ1v) is 8.10. The lowest BCUT2D eigenvalue weighted by molar-refractivity contribution is 0.0435. The van der Waals surface area contributed by atoms with Crippen LogP contribution in [0.5, 0.6) is 0 Å². The highest BCUT2D eigenvalue weighted by Gasteiger charge is 2.26. The third-order valence-corrected chi connectivity index (χ3v) is 4.06. The minimum absolute atomic E-state index is 0.259. The molecule has 0 radical (unpaired) electrons. The third-order valence-electron chi connectivity index (χ3n) is 4.06. The summed E-state index contributed by atoms with van der Waals surface area (Å²) < 4.78 is 26.7. The molecule has 1 aliphatic rings. The highest BCUT2D eigenvalue weighted by molar-refractivity contribution is 6.01. The Balaban J connectivity index is 1.65. The van der Waals surface area contributed by atoms with Crippen LogP contribution >= 0.6 is 0 Å².